The van der Waals surface area contributed by atoms with Crippen molar-refractivity contribution in [3.8, 4) is 0 Å². The van der Waals surface area contributed by atoms with E-state index in [-0.39, 0.29) is 0 Å². The zero-order valence-electron chi connectivity index (χ0n) is 11.3. The minimum atomic E-state index is 0.691. The molecule has 2 nitrogen and oxygen atoms in total. The quantitative estimate of drug-likeness (QED) is 0.901. The molecule has 0 aliphatic carbocycles. The van der Waals surface area contributed by atoms with Gasteiger partial charge in [0.15, 0.2) is 0 Å². The van der Waals surface area contributed by atoms with Gasteiger partial charge in [-0.25, -0.2) is 0 Å². The van der Waals surface area contributed by atoms with Crippen molar-refractivity contribution in [1.82, 2.24) is 10.2 Å². The van der Waals surface area contributed by atoms with E-state index in [1.54, 1.807) is 0 Å². The molecule has 0 saturated carbocycles. The fourth-order valence-corrected chi connectivity index (χ4v) is 2.92. The van der Waals surface area contributed by atoms with Crippen molar-refractivity contribution in [3.05, 3.63) is 34.9 Å². The van der Waals surface area contributed by atoms with E-state index in [0.29, 0.717) is 6.04 Å². The summed E-state index contributed by atoms with van der Waals surface area (Å²) in [6.07, 6.45) is 1.25. The molecule has 1 aromatic rings. The molecular formula is C15H23ClN2. The Labute approximate surface area is 115 Å². The lowest BCUT2D eigenvalue weighted by atomic mass is 9.93. The Morgan fingerprint density at radius 1 is 1.33 bits per heavy atom. The van der Waals surface area contributed by atoms with Gasteiger partial charge in [0.25, 0.3) is 0 Å². The summed E-state index contributed by atoms with van der Waals surface area (Å²) in [6.45, 7) is 9.02. The number of rotatable bonds is 4. The second-order valence-electron chi connectivity index (χ2n) is 5.29. The summed E-state index contributed by atoms with van der Waals surface area (Å²) in [7, 11) is 0. The number of hydrogen-bond acceptors (Lipinski definition) is 2. The van der Waals surface area contributed by atoms with Gasteiger partial charge in [-0.2, -0.15) is 0 Å². The normalized spacial score (nSPS) is 25.3. The molecule has 18 heavy (non-hydrogen) atoms. The molecule has 2 unspecified atom stereocenters. The van der Waals surface area contributed by atoms with E-state index in [2.05, 4.69) is 36.2 Å². The number of halogens is 1. The van der Waals surface area contributed by atoms with Gasteiger partial charge in [0.2, 0.25) is 0 Å². The number of hydrogen-bond donors (Lipinski definition) is 1. The molecule has 0 spiro atoms. The first-order valence-electron chi connectivity index (χ1n) is 6.89. The second kappa shape index (κ2) is 6.55. The Balaban J connectivity index is 1.87. The maximum atomic E-state index is 5.91. The van der Waals surface area contributed by atoms with Crippen molar-refractivity contribution in [2.45, 2.75) is 32.9 Å². The molecule has 1 aliphatic rings. The molecule has 1 heterocycles. The van der Waals surface area contributed by atoms with Crippen molar-refractivity contribution in [2.75, 3.05) is 19.6 Å². The van der Waals surface area contributed by atoms with Crippen LogP contribution in [0, 0.1) is 5.92 Å². The van der Waals surface area contributed by atoms with Gasteiger partial charge in [-0.1, -0.05) is 37.6 Å². The van der Waals surface area contributed by atoms with Crippen LogP contribution < -0.4 is 5.32 Å². The zero-order chi connectivity index (χ0) is 13.0. The number of benzene rings is 1. The van der Waals surface area contributed by atoms with Gasteiger partial charge in [0, 0.05) is 24.2 Å². The van der Waals surface area contributed by atoms with Crippen LogP contribution in [0.3, 0.4) is 0 Å². The molecule has 0 radical (unpaired) electrons. The maximum absolute atomic E-state index is 5.91. The summed E-state index contributed by atoms with van der Waals surface area (Å²) >= 11 is 5.91. The molecule has 0 amide bonds. The summed E-state index contributed by atoms with van der Waals surface area (Å²) in [5.74, 6) is 0.728. The van der Waals surface area contributed by atoms with Gasteiger partial charge in [-0.05, 0) is 43.1 Å². The zero-order valence-corrected chi connectivity index (χ0v) is 12.1. The lowest BCUT2D eigenvalue weighted by molar-refractivity contribution is 0.142. The molecule has 1 saturated heterocycles. The summed E-state index contributed by atoms with van der Waals surface area (Å²) in [5, 5.41) is 4.40. The Kier molecular flexibility index (Phi) is 5.04. The molecule has 1 aromatic carbocycles. The average molecular weight is 267 g/mol. The first-order valence-corrected chi connectivity index (χ1v) is 7.27. The second-order valence-corrected chi connectivity index (χ2v) is 5.73. The van der Waals surface area contributed by atoms with Crippen LogP contribution in [-0.2, 0) is 6.54 Å². The van der Waals surface area contributed by atoms with E-state index < -0.39 is 0 Å². The van der Waals surface area contributed by atoms with Crippen LogP contribution >= 0.6 is 11.6 Å². The predicted molar refractivity (Wildman–Crippen MR) is 78.0 cm³/mol. The summed E-state index contributed by atoms with van der Waals surface area (Å²) in [6, 6.07) is 8.90. The molecule has 2 atom stereocenters. The molecular weight excluding hydrogens is 244 g/mol. The summed E-state index contributed by atoms with van der Waals surface area (Å²) in [5.41, 5.74) is 1.36. The highest BCUT2D eigenvalue weighted by Gasteiger charge is 2.24. The number of piperidine rings is 1. The molecule has 1 N–H and O–H groups in total. The van der Waals surface area contributed by atoms with Gasteiger partial charge in [-0.15, -0.1) is 0 Å². The van der Waals surface area contributed by atoms with E-state index in [0.717, 1.165) is 24.0 Å². The van der Waals surface area contributed by atoms with Crippen molar-refractivity contribution < 1.29 is 0 Å². The van der Waals surface area contributed by atoms with E-state index in [9.17, 15) is 0 Å². The van der Waals surface area contributed by atoms with Gasteiger partial charge >= 0.3 is 0 Å². The molecule has 0 bridgehead atoms. The molecule has 3 heteroatoms. The Hall–Kier alpha value is -0.570. The third-order valence-electron chi connectivity index (χ3n) is 3.78. The SMILES string of the molecule is CCNC1CCN(Cc2ccc(Cl)cc2)CC1C. The first kappa shape index (κ1) is 13.9. The van der Waals surface area contributed by atoms with Gasteiger partial charge < -0.3 is 5.32 Å². The van der Waals surface area contributed by atoms with Crippen LogP contribution in [0.1, 0.15) is 25.8 Å². The van der Waals surface area contributed by atoms with Crippen molar-refractivity contribution >= 4 is 11.6 Å². The van der Waals surface area contributed by atoms with Crippen LogP contribution in [0.25, 0.3) is 0 Å². The molecule has 1 fully saturated rings. The number of nitrogens with one attached hydrogen (secondary N) is 1. The van der Waals surface area contributed by atoms with Gasteiger partial charge in [0.05, 0.1) is 0 Å². The van der Waals surface area contributed by atoms with Crippen LogP contribution in [-0.4, -0.2) is 30.6 Å². The Bertz CT molecular complexity index is 363. The van der Waals surface area contributed by atoms with E-state index in [1.165, 1.54) is 25.1 Å². The molecule has 1 aliphatic heterocycles. The minimum absolute atomic E-state index is 0.691. The molecule has 2 rings (SSSR count). The van der Waals surface area contributed by atoms with E-state index in [4.69, 9.17) is 11.6 Å². The summed E-state index contributed by atoms with van der Waals surface area (Å²) < 4.78 is 0. The van der Waals surface area contributed by atoms with E-state index in [1.807, 2.05) is 12.1 Å². The highest BCUT2D eigenvalue weighted by atomic mass is 35.5. The van der Waals surface area contributed by atoms with Gasteiger partial charge in [-0.3, -0.25) is 4.90 Å². The largest absolute Gasteiger partial charge is 0.314 e. The predicted octanol–water partition coefficient (Wildman–Crippen LogP) is 3.16. The fourth-order valence-electron chi connectivity index (χ4n) is 2.79. The Morgan fingerprint density at radius 3 is 2.67 bits per heavy atom. The van der Waals surface area contributed by atoms with Crippen LogP contribution in [0.15, 0.2) is 24.3 Å². The van der Waals surface area contributed by atoms with Crippen molar-refractivity contribution in [1.29, 1.82) is 0 Å². The standard InChI is InChI=1S/C15H23ClN2/c1-3-17-15-8-9-18(10-12(15)2)11-13-4-6-14(16)7-5-13/h4-7,12,15,17H,3,8-11H2,1-2H3. The topological polar surface area (TPSA) is 15.3 Å². The lowest BCUT2D eigenvalue weighted by Crippen LogP contribution is -2.47. The van der Waals surface area contributed by atoms with Crippen LogP contribution in [0.5, 0.6) is 0 Å². The van der Waals surface area contributed by atoms with Crippen molar-refractivity contribution in [3.63, 3.8) is 0 Å². The smallest absolute Gasteiger partial charge is 0.0406 e. The third kappa shape index (κ3) is 3.71. The van der Waals surface area contributed by atoms with Crippen LogP contribution in [0.2, 0.25) is 5.02 Å². The van der Waals surface area contributed by atoms with Crippen LogP contribution in [0.4, 0.5) is 0 Å². The summed E-state index contributed by atoms with van der Waals surface area (Å²) in [4.78, 5) is 2.54. The van der Waals surface area contributed by atoms with E-state index >= 15 is 0 Å². The van der Waals surface area contributed by atoms with Gasteiger partial charge in [0.1, 0.15) is 0 Å². The maximum Gasteiger partial charge on any atom is 0.0406 e. The Morgan fingerprint density at radius 2 is 2.06 bits per heavy atom. The molecule has 0 aromatic heterocycles. The highest BCUT2D eigenvalue weighted by Crippen LogP contribution is 2.19. The third-order valence-corrected chi connectivity index (χ3v) is 4.03. The fraction of sp³-hybridized carbons (Fsp3) is 0.600. The average Bonchev–Trinajstić information content (AvgIpc) is 2.36. The first-order chi connectivity index (χ1) is 8.69. The molecule has 100 valence electrons. The lowest BCUT2D eigenvalue weighted by Gasteiger charge is -2.37. The van der Waals surface area contributed by atoms with Crippen molar-refractivity contribution in [2.24, 2.45) is 5.92 Å². The number of nitrogens with zero attached hydrogens (tertiary/aromatic N) is 1. The monoisotopic (exact) mass is 266 g/mol. The number of likely N-dealkylation sites (tertiary alicyclic amines) is 1. The highest BCUT2D eigenvalue weighted by molar-refractivity contribution is 6.30. The minimum Gasteiger partial charge on any atom is -0.314 e.